The normalized spacial score (nSPS) is 23.5. The molecule has 214 valence electrons. The van der Waals surface area contributed by atoms with Gasteiger partial charge in [0.2, 0.25) is 5.91 Å². The lowest BCUT2D eigenvalue weighted by molar-refractivity contribution is -0.165. The van der Waals surface area contributed by atoms with Crippen molar-refractivity contribution in [2.24, 2.45) is 11.8 Å². The van der Waals surface area contributed by atoms with Crippen LogP contribution in [0.3, 0.4) is 0 Å². The van der Waals surface area contributed by atoms with Crippen molar-refractivity contribution in [3.05, 3.63) is 35.6 Å². The molecule has 12 nitrogen and oxygen atoms in total. The number of amides is 3. The number of fused-ring (bicyclic) bond motifs is 1. The van der Waals surface area contributed by atoms with Crippen molar-refractivity contribution in [1.82, 2.24) is 15.1 Å². The summed E-state index contributed by atoms with van der Waals surface area (Å²) in [6.07, 6.45) is 0.812. The van der Waals surface area contributed by atoms with Crippen LogP contribution in [0.4, 0.5) is 9.18 Å². The molecule has 13 heteroatoms. The maximum absolute atomic E-state index is 13.1. The van der Waals surface area contributed by atoms with E-state index in [1.807, 2.05) is 0 Å². The van der Waals surface area contributed by atoms with Gasteiger partial charge in [-0.3, -0.25) is 14.5 Å². The molecule has 1 aromatic rings. The molecule has 0 spiro atoms. The molecule has 1 aromatic carbocycles. The molecule has 0 bridgehead atoms. The van der Waals surface area contributed by atoms with Crippen LogP contribution >= 0.6 is 0 Å². The Morgan fingerprint density at radius 1 is 0.897 bits per heavy atom. The van der Waals surface area contributed by atoms with Gasteiger partial charge in [-0.1, -0.05) is 12.8 Å². The number of carboxylic acids is 2. The number of nitrogens with zero attached hydrogens (tertiary/aromatic N) is 2. The van der Waals surface area contributed by atoms with Crippen LogP contribution in [0.1, 0.15) is 48.9 Å². The van der Waals surface area contributed by atoms with Gasteiger partial charge in [-0.2, -0.15) is 0 Å². The van der Waals surface area contributed by atoms with Crippen LogP contribution < -0.4 is 5.32 Å². The summed E-state index contributed by atoms with van der Waals surface area (Å²) in [5.74, 6) is -3.96. The molecule has 5 N–H and O–H groups in total. The summed E-state index contributed by atoms with van der Waals surface area (Å²) >= 11 is 0. The largest absolute Gasteiger partial charge is 0.479 e. The number of piperidine rings is 1. The molecule has 1 saturated carbocycles. The summed E-state index contributed by atoms with van der Waals surface area (Å²) < 4.78 is 13.1. The fourth-order valence-corrected chi connectivity index (χ4v) is 5.13. The number of nitrogens with one attached hydrogen (secondary N) is 1. The number of hydrogen-bond donors (Lipinski definition) is 5. The lowest BCUT2D eigenvalue weighted by Gasteiger charge is -2.40. The average Bonchev–Trinajstić information content (AvgIpc) is 2.92. The number of hydrogen-bond acceptors (Lipinski definition) is 8. The number of carbonyl (C=O) groups is 5. The van der Waals surface area contributed by atoms with Gasteiger partial charge in [0, 0.05) is 30.6 Å². The highest BCUT2D eigenvalue weighted by molar-refractivity contribution is 5.99. The Morgan fingerprint density at radius 3 is 2.03 bits per heavy atom. The molecule has 0 aromatic heterocycles. The number of imide groups is 1. The van der Waals surface area contributed by atoms with Gasteiger partial charge in [0.25, 0.3) is 0 Å². The minimum absolute atomic E-state index is 0.00761. The highest BCUT2D eigenvalue weighted by Crippen LogP contribution is 2.29. The summed E-state index contributed by atoms with van der Waals surface area (Å²) in [5.41, 5.74) is 0.558. The highest BCUT2D eigenvalue weighted by Gasteiger charge is 2.42. The van der Waals surface area contributed by atoms with Gasteiger partial charge in [0.05, 0.1) is 5.92 Å². The molecule has 39 heavy (non-hydrogen) atoms. The van der Waals surface area contributed by atoms with E-state index in [0.29, 0.717) is 18.7 Å². The number of Topliss-reactive ketones (excluding diaryl/α,β-unsaturated/α-hetero) is 1. The number of benzene rings is 1. The zero-order valence-corrected chi connectivity index (χ0v) is 21.4. The number of ketones is 1. The third-order valence-corrected chi connectivity index (χ3v) is 7.44. The van der Waals surface area contributed by atoms with Gasteiger partial charge < -0.3 is 30.6 Å². The first-order valence-electron chi connectivity index (χ1n) is 12.9. The van der Waals surface area contributed by atoms with Crippen molar-refractivity contribution in [2.75, 3.05) is 26.2 Å². The summed E-state index contributed by atoms with van der Waals surface area (Å²) in [5, 5.41) is 35.5. The Kier molecular flexibility index (Phi) is 10.5. The van der Waals surface area contributed by atoms with Gasteiger partial charge in [0.15, 0.2) is 18.0 Å². The van der Waals surface area contributed by atoms with E-state index in [-0.39, 0.29) is 41.4 Å². The Balaban J connectivity index is 0.000000360. The minimum atomic E-state index is -2.27. The second kappa shape index (κ2) is 13.6. The van der Waals surface area contributed by atoms with Crippen molar-refractivity contribution < 1.29 is 48.8 Å². The van der Waals surface area contributed by atoms with E-state index in [1.54, 1.807) is 12.1 Å². The predicted molar refractivity (Wildman–Crippen MR) is 133 cm³/mol. The van der Waals surface area contributed by atoms with Gasteiger partial charge in [-0.15, -0.1) is 0 Å². The molecule has 1 aliphatic carbocycles. The van der Waals surface area contributed by atoms with Crippen molar-refractivity contribution in [1.29, 1.82) is 0 Å². The van der Waals surface area contributed by atoms with Crippen molar-refractivity contribution >= 4 is 29.7 Å². The first-order chi connectivity index (χ1) is 18.5. The predicted octanol–water partition coefficient (Wildman–Crippen LogP) is 0.708. The first-order valence-corrected chi connectivity index (χ1v) is 12.9. The monoisotopic (exact) mass is 551 g/mol. The van der Waals surface area contributed by atoms with Crippen molar-refractivity contribution in [2.45, 2.75) is 56.8 Å². The third-order valence-electron chi connectivity index (χ3n) is 7.44. The van der Waals surface area contributed by atoms with Gasteiger partial charge in [-0.05, 0) is 63.0 Å². The molecule has 4 rings (SSSR count). The topological polar surface area (TPSA) is 185 Å². The van der Waals surface area contributed by atoms with Gasteiger partial charge >= 0.3 is 18.0 Å². The molecule has 4 atom stereocenters. The summed E-state index contributed by atoms with van der Waals surface area (Å²) in [7, 11) is 0. The van der Waals surface area contributed by atoms with E-state index < -0.39 is 24.1 Å². The number of aliphatic hydroxyl groups excluding tert-OH is 2. The van der Waals surface area contributed by atoms with Crippen LogP contribution in [-0.2, 0) is 14.4 Å². The molecule has 3 fully saturated rings. The molecule has 2 saturated heterocycles. The number of urea groups is 1. The number of carbonyl (C=O) groups excluding carboxylic acids is 3. The Morgan fingerprint density at radius 2 is 1.46 bits per heavy atom. The maximum Gasteiger partial charge on any atom is 0.335 e. The number of carboxylic acid groups (broad SMARTS) is 2. The smallest absolute Gasteiger partial charge is 0.335 e. The van der Waals surface area contributed by atoms with Crippen molar-refractivity contribution in [3.63, 3.8) is 0 Å². The standard InChI is InChI=1S/C22H28FN3O3.C4H6O6/c23-17-7-5-15(6-8-17)20(27)16-9-11-25(12-10-16)13-14-26-21(28)18-3-1-2-4-19(18)24-22(26)29;5-1(3(7)8)2(6)4(9)10/h5-8,16,18-19H,1-4,9-14H2,(H,24,29);1-2,5-6H,(H,7,8)(H,9,10)/t;1-,2-/m.1/s1. The molecule has 2 heterocycles. The van der Waals surface area contributed by atoms with Gasteiger partial charge in [0.1, 0.15) is 5.82 Å². The Labute approximate surface area is 224 Å². The lowest BCUT2D eigenvalue weighted by Crippen LogP contribution is -2.61. The van der Waals surface area contributed by atoms with E-state index in [1.165, 1.54) is 17.0 Å². The second-order valence-electron chi connectivity index (χ2n) is 9.99. The molecule has 2 unspecified atom stereocenters. The second-order valence-corrected chi connectivity index (χ2v) is 9.99. The zero-order valence-electron chi connectivity index (χ0n) is 21.4. The molecule has 2 aliphatic heterocycles. The number of aliphatic hydroxyl groups is 2. The molecular weight excluding hydrogens is 517 g/mol. The Bertz CT molecular complexity index is 1040. The summed E-state index contributed by atoms with van der Waals surface area (Å²) in [6.45, 7) is 2.54. The fourth-order valence-electron chi connectivity index (χ4n) is 5.13. The van der Waals surface area contributed by atoms with Crippen molar-refractivity contribution in [3.8, 4) is 0 Å². The lowest BCUT2D eigenvalue weighted by atomic mass is 9.82. The average molecular weight is 552 g/mol. The zero-order chi connectivity index (χ0) is 28.7. The quantitative estimate of drug-likeness (QED) is 0.288. The first kappa shape index (κ1) is 30.1. The molecule has 3 aliphatic rings. The maximum atomic E-state index is 13.1. The van der Waals surface area contributed by atoms with E-state index in [2.05, 4.69) is 10.2 Å². The summed E-state index contributed by atoms with van der Waals surface area (Å²) in [4.78, 5) is 60.8. The van der Waals surface area contributed by atoms with Crippen LogP contribution in [0, 0.1) is 17.7 Å². The van der Waals surface area contributed by atoms with Crippen LogP contribution in [0.25, 0.3) is 0 Å². The van der Waals surface area contributed by atoms with Crippen LogP contribution in [0.15, 0.2) is 24.3 Å². The van der Waals surface area contributed by atoms with Crippen LogP contribution in [0.2, 0.25) is 0 Å². The Hall–Kier alpha value is -3.42. The number of rotatable bonds is 8. The van der Waals surface area contributed by atoms with Gasteiger partial charge in [-0.25, -0.2) is 18.8 Å². The summed E-state index contributed by atoms with van der Waals surface area (Å²) in [6, 6.07) is 5.47. The molecular formula is C26H34FN3O9. The van der Waals surface area contributed by atoms with E-state index in [4.69, 9.17) is 20.4 Å². The molecule has 3 amide bonds. The van der Waals surface area contributed by atoms with Crippen LogP contribution in [-0.4, -0.2) is 104 Å². The fraction of sp³-hybridized carbons (Fsp3) is 0.577. The minimum Gasteiger partial charge on any atom is -0.479 e. The number of halogens is 1. The number of likely N-dealkylation sites (tertiary alicyclic amines) is 1. The van der Waals surface area contributed by atoms with Crippen LogP contribution in [0.5, 0.6) is 0 Å². The highest BCUT2D eigenvalue weighted by atomic mass is 19.1. The van der Waals surface area contributed by atoms with E-state index in [0.717, 1.165) is 51.6 Å². The SMILES string of the molecule is O=C(O)[C@H](O)[C@@H](O)C(=O)O.O=C(c1ccc(F)cc1)C1CCN(CCN2C(=O)NC3CCCCC3C2=O)CC1. The van der Waals surface area contributed by atoms with E-state index in [9.17, 15) is 28.4 Å². The van der Waals surface area contributed by atoms with E-state index >= 15 is 0 Å². The third kappa shape index (κ3) is 7.80. The number of aliphatic carboxylic acids is 2. The molecule has 0 radical (unpaired) electrons.